The van der Waals surface area contributed by atoms with Gasteiger partial charge in [0.15, 0.2) is 0 Å². The molecule has 1 fully saturated rings. The Bertz CT molecular complexity index is 360. The summed E-state index contributed by atoms with van der Waals surface area (Å²) in [5.41, 5.74) is 0.681. The van der Waals surface area contributed by atoms with Gasteiger partial charge in [-0.1, -0.05) is 27.2 Å². The lowest BCUT2D eigenvalue weighted by atomic mass is 9.90. The van der Waals surface area contributed by atoms with Crippen LogP contribution in [0.3, 0.4) is 0 Å². The molecule has 0 atom stereocenters. The third kappa shape index (κ3) is 9.63. The summed E-state index contributed by atoms with van der Waals surface area (Å²) < 4.78 is 0. The fourth-order valence-electron chi connectivity index (χ4n) is 3.20. The lowest BCUT2D eigenvalue weighted by molar-refractivity contribution is -0.121. The van der Waals surface area contributed by atoms with Crippen LogP contribution < -0.4 is 5.32 Å². The van der Waals surface area contributed by atoms with Crippen molar-refractivity contribution in [2.75, 3.05) is 39.3 Å². The molecule has 1 N–H and O–H groups in total. The van der Waals surface area contributed by atoms with Gasteiger partial charge in [0, 0.05) is 44.7 Å². The number of nitrogens with one attached hydrogen (secondary N) is 1. The third-order valence-electron chi connectivity index (χ3n) is 4.87. The van der Waals surface area contributed by atoms with E-state index in [1.54, 1.807) is 0 Å². The second-order valence-corrected chi connectivity index (χ2v) is 9.47. The van der Waals surface area contributed by atoms with Gasteiger partial charge in [-0.25, -0.2) is 0 Å². The Labute approximate surface area is 150 Å². The highest BCUT2D eigenvalue weighted by Gasteiger charge is 2.25. The summed E-state index contributed by atoms with van der Waals surface area (Å²) in [6.07, 6.45) is 5.16. The van der Waals surface area contributed by atoms with Crippen molar-refractivity contribution in [2.45, 2.75) is 79.2 Å². The van der Waals surface area contributed by atoms with Crippen molar-refractivity contribution in [3.8, 4) is 0 Å². The molecule has 4 heteroatoms. The molecule has 1 saturated heterocycles. The van der Waals surface area contributed by atoms with Crippen LogP contribution in [0.25, 0.3) is 0 Å². The molecule has 1 rings (SSSR count). The zero-order valence-corrected chi connectivity index (χ0v) is 17.1. The number of amides is 1. The Morgan fingerprint density at radius 3 is 2.08 bits per heavy atom. The first-order valence-electron chi connectivity index (χ1n) is 9.82. The van der Waals surface area contributed by atoms with Gasteiger partial charge in [0.05, 0.1) is 0 Å². The molecular weight excluding hydrogens is 298 g/mol. The molecule has 1 amide bonds. The summed E-state index contributed by atoms with van der Waals surface area (Å²) in [5.74, 6) is 0.221. The predicted octanol–water partition coefficient (Wildman–Crippen LogP) is 3.52. The van der Waals surface area contributed by atoms with Gasteiger partial charge in [0.1, 0.15) is 0 Å². The van der Waals surface area contributed by atoms with Crippen LogP contribution >= 0.6 is 0 Å². The van der Waals surface area contributed by atoms with Gasteiger partial charge in [-0.15, -0.1) is 0 Å². The molecule has 0 aromatic carbocycles. The van der Waals surface area contributed by atoms with Gasteiger partial charge < -0.3 is 10.2 Å². The van der Waals surface area contributed by atoms with E-state index >= 15 is 0 Å². The van der Waals surface area contributed by atoms with Crippen LogP contribution in [-0.2, 0) is 4.79 Å². The number of nitrogens with zero attached hydrogens (tertiary/aromatic N) is 2. The van der Waals surface area contributed by atoms with Crippen molar-refractivity contribution in [3.63, 3.8) is 0 Å². The predicted molar refractivity (Wildman–Crippen MR) is 103 cm³/mol. The SMILES string of the molecule is CC(C)(C)CCCCNC(=O)CCCN1CCN(C(C)(C)C)CC1. The number of hydrogen-bond donors (Lipinski definition) is 1. The maximum Gasteiger partial charge on any atom is 0.220 e. The second-order valence-electron chi connectivity index (χ2n) is 9.47. The number of carbonyl (C=O) groups is 1. The van der Waals surface area contributed by atoms with Gasteiger partial charge >= 0.3 is 0 Å². The molecule has 1 aliphatic heterocycles. The van der Waals surface area contributed by atoms with E-state index in [9.17, 15) is 4.79 Å². The molecule has 0 bridgehead atoms. The van der Waals surface area contributed by atoms with E-state index in [2.05, 4.69) is 56.7 Å². The summed E-state index contributed by atoms with van der Waals surface area (Å²) in [6, 6.07) is 0. The molecular formula is C20H41N3O. The molecule has 1 heterocycles. The largest absolute Gasteiger partial charge is 0.356 e. The Hall–Kier alpha value is -0.610. The smallest absolute Gasteiger partial charge is 0.220 e. The number of rotatable bonds is 8. The normalized spacial score (nSPS) is 17.9. The molecule has 0 aromatic rings. The molecule has 24 heavy (non-hydrogen) atoms. The first-order chi connectivity index (χ1) is 11.1. The minimum atomic E-state index is 0.221. The molecule has 0 saturated carbocycles. The molecule has 0 aliphatic carbocycles. The van der Waals surface area contributed by atoms with Crippen LogP contribution in [0.15, 0.2) is 0 Å². The van der Waals surface area contributed by atoms with Gasteiger partial charge in [0.2, 0.25) is 5.91 Å². The first-order valence-corrected chi connectivity index (χ1v) is 9.82. The van der Waals surface area contributed by atoms with Crippen LogP contribution in [0.2, 0.25) is 0 Å². The lowest BCUT2D eigenvalue weighted by Gasteiger charge is -2.42. The van der Waals surface area contributed by atoms with Crippen molar-refractivity contribution in [1.29, 1.82) is 0 Å². The standard InChI is InChI=1S/C20H41N3O/c1-19(2,3)11-7-8-12-21-18(24)10-9-13-22-14-16-23(17-15-22)20(4,5)6/h7-17H2,1-6H3,(H,21,24). The van der Waals surface area contributed by atoms with Gasteiger partial charge in [-0.05, 0) is 52.0 Å². The number of carbonyl (C=O) groups excluding carboxylic acids is 1. The van der Waals surface area contributed by atoms with E-state index in [-0.39, 0.29) is 11.4 Å². The van der Waals surface area contributed by atoms with Crippen molar-refractivity contribution in [1.82, 2.24) is 15.1 Å². The Morgan fingerprint density at radius 2 is 1.54 bits per heavy atom. The molecule has 0 spiro atoms. The van der Waals surface area contributed by atoms with Gasteiger partial charge in [-0.2, -0.15) is 0 Å². The number of unbranched alkanes of at least 4 members (excludes halogenated alkanes) is 1. The summed E-state index contributed by atoms with van der Waals surface area (Å²) in [4.78, 5) is 16.9. The van der Waals surface area contributed by atoms with Crippen LogP contribution in [0.5, 0.6) is 0 Å². The van der Waals surface area contributed by atoms with Crippen molar-refractivity contribution in [3.05, 3.63) is 0 Å². The molecule has 0 unspecified atom stereocenters. The van der Waals surface area contributed by atoms with Crippen LogP contribution in [-0.4, -0.2) is 60.5 Å². The molecule has 0 aromatic heterocycles. The summed E-state index contributed by atoms with van der Waals surface area (Å²) in [6.45, 7) is 20.1. The van der Waals surface area contributed by atoms with Gasteiger partial charge in [0.25, 0.3) is 0 Å². The van der Waals surface area contributed by atoms with Crippen molar-refractivity contribution < 1.29 is 4.79 Å². The highest BCUT2D eigenvalue weighted by atomic mass is 16.1. The summed E-state index contributed by atoms with van der Waals surface area (Å²) in [7, 11) is 0. The summed E-state index contributed by atoms with van der Waals surface area (Å²) >= 11 is 0. The summed E-state index contributed by atoms with van der Waals surface area (Å²) in [5, 5.41) is 3.07. The highest BCUT2D eigenvalue weighted by Crippen LogP contribution is 2.21. The topological polar surface area (TPSA) is 35.6 Å². The molecule has 142 valence electrons. The minimum absolute atomic E-state index is 0.221. The zero-order valence-electron chi connectivity index (χ0n) is 17.1. The fourth-order valence-corrected chi connectivity index (χ4v) is 3.20. The fraction of sp³-hybridized carbons (Fsp3) is 0.950. The monoisotopic (exact) mass is 339 g/mol. The maximum absolute atomic E-state index is 11.9. The van der Waals surface area contributed by atoms with Crippen LogP contribution in [0.1, 0.15) is 73.6 Å². The number of piperazine rings is 1. The zero-order chi connectivity index (χ0) is 18.2. The van der Waals surface area contributed by atoms with Gasteiger partial charge in [-0.3, -0.25) is 9.69 Å². The van der Waals surface area contributed by atoms with E-state index in [0.29, 0.717) is 11.8 Å². The van der Waals surface area contributed by atoms with Crippen molar-refractivity contribution in [2.24, 2.45) is 5.41 Å². The molecule has 4 nitrogen and oxygen atoms in total. The van der Waals surface area contributed by atoms with Crippen LogP contribution in [0, 0.1) is 5.41 Å². The van der Waals surface area contributed by atoms with E-state index in [4.69, 9.17) is 0 Å². The van der Waals surface area contributed by atoms with Crippen LogP contribution in [0.4, 0.5) is 0 Å². The Morgan fingerprint density at radius 1 is 0.917 bits per heavy atom. The average molecular weight is 340 g/mol. The van der Waals surface area contributed by atoms with E-state index in [1.807, 2.05) is 0 Å². The van der Waals surface area contributed by atoms with E-state index in [0.717, 1.165) is 52.1 Å². The van der Waals surface area contributed by atoms with E-state index < -0.39 is 0 Å². The van der Waals surface area contributed by atoms with Crippen molar-refractivity contribution >= 4 is 5.91 Å². The Balaban J connectivity index is 2.02. The molecule has 1 aliphatic rings. The first kappa shape index (κ1) is 21.4. The second kappa shape index (κ2) is 9.76. The minimum Gasteiger partial charge on any atom is -0.356 e. The van der Waals surface area contributed by atoms with E-state index in [1.165, 1.54) is 12.8 Å². The molecule has 0 radical (unpaired) electrons. The maximum atomic E-state index is 11.9. The third-order valence-corrected chi connectivity index (χ3v) is 4.87. The Kier molecular flexibility index (Phi) is 8.72. The lowest BCUT2D eigenvalue weighted by Crippen LogP contribution is -2.53. The highest BCUT2D eigenvalue weighted by molar-refractivity contribution is 5.75. The quantitative estimate of drug-likeness (QED) is 0.687. The average Bonchev–Trinajstić information content (AvgIpc) is 2.45. The number of hydrogen-bond acceptors (Lipinski definition) is 3.